The highest BCUT2D eigenvalue weighted by atomic mass is 16.6. The molecule has 0 aliphatic rings. The molecule has 1 rings (SSSR count). The Morgan fingerprint density at radius 1 is 1.23 bits per heavy atom. The molecule has 122 valence electrons. The van der Waals surface area contributed by atoms with Gasteiger partial charge in [-0.15, -0.1) is 0 Å². The Morgan fingerprint density at radius 3 is 2.64 bits per heavy atom. The molecule has 1 aromatic rings. The third-order valence-corrected chi connectivity index (χ3v) is 2.82. The van der Waals surface area contributed by atoms with E-state index in [1.54, 1.807) is 25.3 Å². The summed E-state index contributed by atoms with van der Waals surface area (Å²) >= 11 is 0. The SMILES string of the molecule is COCCNCC(=O)Nc1ccc(OCC(=O)OC)cc1C. The van der Waals surface area contributed by atoms with E-state index in [-0.39, 0.29) is 19.1 Å². The summed E-state index contributed by atoms with van der Waals surface area (Å²) in [5, 5.41) is 5.76. The number of rotatable bonds is 9. The Labute approximate surface area is 129 Å². The summed E-state index contributed by atoms with van der Waals surface area (Å²) in [6.07, 6.45) is 0. The van der Waals surface area contributed by atoms with E-state index in [0.717, 1.165) is 5.56 Å². The van der Waals surface area contributed by atoms with Gasteiger partial charge in [-0.2, -0.15) is 0 Å². The van der Waals surface area contributed by atoms with Crippen molar-refractivity contribution in [3.63, 3.8) is 0 Å². The lowest BCUT2D eigenvalue weighted by Crippen LogP contribution is -2.30. The third kappa shape index (κ3) is 6.55. The molecule has 7 heteroatoms. The van der Waals surface area contributed by atoms with Crippen molar-refractivity contribution in [1.29, 1.82) is 0 Å². The van der Waals surface area contributed by atoms with Crippen LogP contribution in [-0.2, 0) is 19.1 Å². The van der Waals surface area contributed by atoms with Gasteiger partial charge in [-0.25, -0.2) is 4.79 Å². The van der Waals surface area contributed by atoms with E-state index in [2.05, 4.69) is 15.4 Å². The van der Waals surface area contributed by atoms with Crippen LogP contribution in [0.5, 0.6) is 5.75 Å². The molecule has 22 heavy (non-hydrogen) atoms. The maximum absolute atomic E-state index is 11.8. The van der Waals surface area contributed by atoms with Crippen molar-refractivity contribution in [1.82, 2.24) is 5.32 Å². The van der Waals surface area contributed by atoms with Crippen molar-refractivity contribution in [2.75, 3.05) is 45.8 Å². The molecule has 7 nitrogen and oxygen atoms in total. The number of aryl methyl sites for hydroxylation is 1. The predicted molar refractivity (Wildman–Crippen MR) is 82.1 cm³/mol. The lowest BCUT2D eigenvalue weighted by Gasteiger charge is -2.11. The first-order chi connectivity index (χ1) is 10.6. The average Bonchev–Trinajstić information content (AvgIpc) is 2.51. The number of hydrogen-bond acceptors (Lipinski definition) is 6. The number of hydrogen-bond donors (Lipinski definition) is 2. The van der Waals surface area contributed by atoms with Crippen molar-refractivity contribution in [2.45, 2.75) is 6.92 Å². The number of benzene rings is 1. The molecule has 0 saturated heterocycles. The minimum absolute atomic E-state index is 0.137. The van der Waals surface area contributed by atoms with Crippen LogP contribution in [0.25, 0.3) is 0 Å². The second-order valence-electron chi connectivity index (χ2n) is 4.56. The molecule has 0 radical (unpaired) electrons. The summed E-state index contributed by atoms with van der Waals surface area (Å²) in [6.45, 7) is 3.08. The van der Waals surface area contributed by atoms with Gasteiger partial charge in [-0.3, -0.25) is 4.79 Å². The molecule has 0 bridgehead atoms. The molecule has 0 aliphatic heterocycles. The number of methoxy groups -OCH3 is 2. The molecule has 0 unspecified atom stereocenters. The van der Waals surface area contributed by atoms with Crippen LogP contribution in [0.4, 0.5) is 5.69 Å². The van der Waals surface area contributed by atoms with Gasteiger partial charge in [0.2, 0.25) is 5.91 Å². The first kappa shape index (κ1) is 17.9. The van der Waals surface area contributed by atoms with Gasteiger partial charge in [0.05, 0.1) is 20.3 Å². The third-order valence-electron chi connectivity index (χ3n) is 2.82. The Kier molecular flexibility index (Phi) is 7.95. The summed E-state index contributed by atoms with van der Waals surface area (Å²) in [4.78, 5) is 22.8. The molecule has 0 spiro atoms. The van der Waals surface area contributed by atoms with Gasteiger partial charge in [0.1, 0.15) is 5.75 Å². The Bertz CT molecular complexity index is 505. The quantitative estimate of drug-likeness (QED) is 0.516. The molecular formula is C15H22N2O5. The Balaban J connectivity index is 2.47. The van der Waals surface area contributed by atoms with E-state index >= 15 is 0 Å². The minimum atomic E-state index is -0.447. The zero-order chi connectivity index (χ0) is 16.4. The molecule has 0 aromatic heterocycles. The first-order valence-corrected chi connectivity index (χ1v) is 6.86. The van der Waals surface area contributed by atoms with E-state index < -0.39 is 5.97 Å². The monoisotopic (exact) mass is 310 g/mol. The molecule has 0 fully saturated rings. The van der Waals surface area contributed by atoms with Crippen LogP contribution in [0.15, 0.2) is 18.2 Å². The summed E-state index contributed by atoms with van der Waals surface area (Å²) < 4.78 is 14.7. The number of ether oxygens (including phenoxy) is 3. The topological polar surface area (TPSA) is 85.9 Å². The van der Waals surface area contributed by atoms with Crippen LogP contribution in [0, 0.1) is 6.92 Å². The highest BCUT2D eigenvalue weighted by Crippen LogP contribution is 2.21. The highest BCUT2D eigenvalue weighted by Gasteiger charge is 2.07. The molecule has 1 amide bonds. The summed E-state index contributed by atoms with van der Waals surface area (Å²) in [5.74, 6) is -0.0429. The number of nitrogens with one attached hydrogen (secondary N) is 2. The van der Waals surface area contributed by atoms with Crippen LogP contribution in [0.3, 0.4) is 0 Å². The number of carbonyl (C=O) groups excluding carboxylic acids is 2. The number of anilines is 1. The predicted octanol–water partition coefficient (Wildman–Crippen LogP) is 0.721. The Hall–Kier alpha value is -2.12. The van der Waals surface area contributed by atoms with Crippen molar-refractivity contribution in [3.05, 3.63) is 23.8 Å². The molecular weight excluding hydrogens is 288 g/mol. The molecule has 0 heterocycles. The van der Waals surface area contributed by atoms with Crippen LogP contribution in [-0.4, -0.2) is 52.4 Å². The lowest BCUT2D eigenvalue weighted by atomic mass is 10.2. The van der Waals surface area contributed by atoms with E-state index in [9.17, 15) is 9.59 Å². The zero-order valence-corrected chi connectivity index (χ0v) is 13.1. The van der Waals surface area contributed by atoms with Crippen LogP contribution < -0.4 is 15.4 Å². The van der Waals surface area contributed by atoms with Gasteiger partial charge in [0.15, 0.2) is 6.61 Å². The van der Waals surface area contributed by atoms with Gasteiger partial charge < -0.3 is 24.8 Å². The molecule has 1 aromatic carbocycles. The van der Waals surface area contributed by atoms with Gasteiger partial charge in [0.25, 0.3) is 0 Å². The largest absolute Gasteiger partial charge is 0.482 e. The van der Waals surface area contributed by atoms with E-state index in [0.29, 0.717) is 24.6 Å². The fraction of sp³-hybridized carbons (Fsp3) is 0.467. The van der Waals surface area contributed by atoms with Crippen LogP contribution in [0.2, 0.25) is 0 Å². The smallest absolute Gasteiger partial charge is 0.343 e. The maximum atomic E-state index is 11.8. The normalized spacial score (nSPS) is 10.1. The van der Waals surface area contributed by atoms with E-state index in [1.165, 1.54) is 7.11 Å². The van der Waals surface area contributed by atoms with Crippen molar-refractivity contribution in [3.8, 4) is 5.75 Å². The number of amides is 1. The van der Waals surface area contributed by atoms with Crippen molar-refractivity contribution < 1.29 is 23.8 Å². The van der Waals surface area contributed by atoms with Gasteiger partial charge >= 0.3 is 5.97 Å². The zero-order valence-electron chi connectivity index (χ0n) is 13.1. The lowest BCUT2D eigenvalue weighted by molar-refractivity contribution is -0.142. The molecule has 0 saturated carbocycles. The standard InChI is InChI=1S/C15H22N2O5/c1-11-8-12(22-10-15(19)21-3)4-5-13(11)17-14(18)9-16-6-7-20-2/h4-5,8,16H,6-7,9-10H2,1-3H3,(H,17,18). The van der Waals surface area contributed by atoms with E-state index in [1.807, 2.05) is 6.92 Å². The second-order valence-corrected chi connectivity index (χ2v) is 4.56. The fourth-order valence-electron chi connectivity index (χ4n) is 1.64. The fourth-order valence-corrected chi connectivity index (χ4v) is 1.64. The van der Waals surface area contributed by atoms with Crippen LogP contribution in [0.1, 0.15) is 5.56 Å². The van der Waals surface area contributed by atoms with Gasteiger partial charge in [0, 0.05) is 19.3 Å². The summed E-state index contributed by atoms with van der Waals surface area (Å²) in [7, 11) is 2.91. The van der Waals surface area contributed by atoms with Crippen molar-refractivity contribution in [2.24, 2.45) is 0 Å². The maximum Gasteiger partial charge on any atom is 0.343 e. The Morgan fingerprint density at radius 2 is 2.00 bits per heavy atom. The molecule has 2 N–H and O–H groups in total. The first-order valence-electron chi connectivity index (χ1n) is 6.86. The number of esters is 1. The van der Waals surface area contributed by atoms with Crippen molar-refractivity contribution >= 4 is 17.6 Å². The van der Waals surface area contributed by atoms with Crippen LogP contribution >= 0.6 is 0 Å². The molecule has 0 atom stereocenters. The minimum Gasteiger partial charge on any atom is -0.482 e. The number of carbonyl (C=O) groups is 2. The highest BCUT2D eigenvalue weighted by molar-refractivity contribution is 5.93. The molecule has 0 aliphatic carbocycles. The summed E-state index contributed by atoms with van der Waals surface area (Å²) in [5.41, 5.74) is 1.54. The summed E-state index contributed by atoms with van der Waals surface area (Å²) in [6, 6.07) is 5.16. The average molecular weight is 310 g/mol. The second kappa shape index (κ2) is 9.75. The van der Waals surface area contributed by atoms with Gasteiger partial charge in [-0.1, -0.05) is 0 Å². The van der Waals surface area contributed by atoms with E-state index in [4.69, 9.17) is 9.47 Å². The van der Waals surface area contributed by atoms with Gasteiger partial charge in [-0.05, 0) is 30.7 Å².